The van der Waals surface area contributed by atoms with Crippen LogP contribution >= 0.6 is 0 Å². The van der Waals surface area contributed by atoms with Crippen molar-refractivity contribution in [2.45, 2.75) is 25.8 Å². The topological polar surface area (TPSA) is 50.8 Å². The maximum Gasteiger partial charge on any atom is 0.322 e. The fraction of sp³-hybridized carbons (Fsp3) is 0.350. The van der Waals surface area contributed by atoms with Crippen molar-refractivity contribution in [3.8, 4) is 11.5 Å². The van der Waals surface area contributed by atoms with Crippen molar-refractivity contribution in [3.63, 3.8) is 0 Å². The molecule has 5 heteroatoms. The van der Waals surface area contributed by atoms with Gasteiger partial charge in [-0.3, -0.25) is 0 Å². The van der Waals surface area contributed by atoms with Gasteiger partial charge in [-0.2, -0.15) is 0 Å². The first-order chi connectivity index (χ1) is 12.2. The molecule has 1 atom stereocenters. The Hall–Kier alpha value is -2.69. The zero-order valence-electron chi connectivity index (χ0n) is 14.7. The van der Waals surface area contributed by atoms with E-state index in [2.05, 4.69) is 5.32 Å². The van der Waals surface area contributed by atoms with E-state index in [1.165, 1.54) is 0 Å². The standard InChI is InChI=1S/C20H24N2O3/c1-3-25-19-9-5-4-7-17(19)21-20(23)22-14-6-8-18(22)15-10-12-16(24-2)13-11-15/h4-5,7,9-13,18H,3,6,8,14H2,1-2H3,(H,21,23)/t18-/m1/s1. The average molecular weight is 340 g/mol. The minimum atomic E-state index is -0.0922. The van der Waals surface area contributed by atoms with Gasteiger partial charge >= 0.3 is 6.03 Å². The average Bonchev–Trinajstić information content (AvgIpc) is 3.13. The first-order valence-electron chi connectivity index (χ1n) is 8.66. The molecule has 2 aromatic carbocycles. The summed E-state index contributed by atoms with van der Waals surface area (Å²) < 4.78 is 10.8. The fourth-order valence-corrected chi connectivity index (χ4v) is 3.22. The highest BCUT2D eigenvalue weighted by Gasteiger charge is 2.30. The predicted octanol–water partition coefficient (Wildman–Crippen LogP) is 4.46. The van der Waals surface area contributed by atoms with Crippen LogP contribution in [0, 0.1) is 0 Å². The normalized spacial score (nSPS) is 16.6. The van der Waals surface area contributed by atoms with Gasteiger partial charge in [-0.15, -0.1) is 0 Å². The Bertz CT molecular complexity index is 715. The van der Waals surface area contributed by atoms with Crippen LogP contribution in [0.1, 0.15) is 31.4 Å². The lowest BCUT2D eigenvalue weighted by atomic mass is 10.0. The molecule has 1 aliphatic rings. The number of likely N-dealkylation sites (tertiary alicyclic amines) is 1. The molecule has 0 unspecified atom stereocenters. The highest BCUT2D eigenvalue weighted by Crippen LogP contribution is 2.34. The minimum absolute atomic E-state index is 0.0881. The van der Waals surface area contributed by atoms with Crippen molar-refractivity contribution >= 4 is 11.7 Å². The molecule has 0 spiro atoms. The van der Waals surface area contributed by atoms with Gasteiger partial charge in [-0.1, -0.05) is 24.3 Å². The highest BCUT2D eigenvalue weighted by atomic mass is 16.5. The third-order valence-corrected chi connectivity index (χ3v) is 4.44. The highest BCUT2D eigenvalue weighted by molar-refractivity contribution is 5.91. The Morgan fingerprint density at radius 2 is 1.96 bits per heavy atom. The number of nitrogens with zero attached hydrogens (tertiary/aromatic N) is 1. The van der Waals surface area contributed by atoms with E-state index in [4.69, 9.17) is 9.47 Å². The second kappa shape index (κ2) is 7.92. The van der Waals surface area contributed by atoms with Gasteiger partial charge in [0.2, 0.25) is 0 Å². The van der Waals surface area contributed by atoms with Crippen LogP contribution in [-0.2, 0) is 0 Å². The summed E-state index contributed by atoms with van der Waals surface area (Å²) in [6.45, 7) is 3.24. The van der Waals surface area contributed by atoms with E-state index in [9.17, 15) is 4.79 Å². The summed E-state index contributed by atoms with van der Waals surface area (Å²) in [4.78, 5) is 14.7. The van der Waals surface area contributed by atoms with Gasteiger partial charge in [0.25, 0.3) is 0 Å². The van der Waals surface area contributed by atoms with Gasteiger partial charge in [-0.05, 0) is 49.6 Å². The fourth-order valence-electron chi connectivity index (χ4n) is 3.22. The van der Waals surface area contributed by atoms with Crippen LogP contribution in [0.2, 0.25) is 0 Å². The number of rotatable bonds is 5. The van der Waals surface area contributed by atoms with Gasteiger partial charge in [0.05, 0.1) is 25.4 Å². The number of amides is 2. The Morgan fingerprint density at radius 1 is 1.20 bits per heavy atom. The summed E-state index contributed by atoms with van der Waals surface area (Å²) >= 11 is 0. The number of nitrogens with one attached hydrogen (secondary N) is 1. The number of urea groups is 1. The third-order valence-electron chi connectivity index (χ3n) is 4.44. The molecule has 25 heavy (non-hydrogen) atoms. The van der Waals surface area contributed by atoms with Crippen LogP contribution in [0.5, 0.6) is 11.5 Å². The van der Waals surface area contributed by atoms with Crippen LogP contribution in [0.3, 0.4) is 0 Å². The Kier molecular flexibility index (Phi) is 5.43. The van der Waals surface area contributed by atoms with Crippen LogP contribution in [0.15, 0.2) is 48.5 Å². The number of carbonyl (C=O) groups is 1. The zero-order chi connectivity index (χ0) is 17.6. The maximum atomic E-state index is 12.8. The van der Waals surface area contributed by atoms with Crippen LogP contribution < -0.4 is 14.8 Å². The number of para-hydroxylation sites is 2. The molecule has 132 valence electrons. The molecule has 5 nitrogen and oxygen atoms in total. The molecular formula is C20H24N2O3. The van der Waals surface area contributed by atoms with E-state index in [-0.39, 0.29) is 12.1 Å². The molecule has 2 amide bonds. The van der Waals surface area contributed by atoms with Gasteiger partial charge in [0.15, 0.2) is 0 Å². The second-order valence-electron chi connectivity index (χ2n) is 5.98. The molecule has 2 aromatic rings. The van der Waals surface area contributed by atoms with Crippen molar-refractivity contribution in [1.82, 2.24) is 4.90 Å². The summed E-state index contributed by atoms with van der Waals surface area (Å²) in [7, 11) is 1.65. The molecular weight excluding hydrogens is 316 g/mol. The molecule has 1 N–H and O–H groups in total. The summed E-state index contributed by atoms with van der Waals surface area (Å²) in [6.07, 6.45) is 1.96. The van der Waals surface area contributed by atoms with Crippen LogP contribution in [-0.4, -0.2) is 31.2 Å². The molecule has 0 aromatic heterocycles. The first kappa shape index (κ1) is 17.1. The number of ether oxygens (including phenoxy) is 2. The Labute approximate surface area is 148 Å². The number of carbonyl (C=O) groups excluding carboxylic acids is 1. The molecule has 1 fully saturated rings. The van der Waals surface area contributed by atoms with Crippen molar-refractivity contribution < 1.29 is 14.3 Å². The van der Waals surface area contributed by atoms with Crippen molar-refractivity contribution in [2.24, 2.45) is 0 Å². The molecule has 1 aliphatic heterocycles. The summed E-state index contributed by atoms with van der Waals surface area (Å²) in [5, 5.41) is 3.00. The number of hydrogen-bond donors (Lipinski definition) is 1. The summed E-state index contributed by atoms with van der Waals surface area (Å²) in [5.41, 5.74) is 1.83. The third kappa shape index (κ3) is 3.87. The molecule has 0 bridgehead atoms. The van der Waals surface area contributed by atoms with Gasteiger partial charge < -0.3 is 19.7 Å². The molecule has 0 radical (unpaired) electrons. The predicted molar refractivity (Wildman–Crippen MR) is 98.3 cm³/mol. The van der Waals surface area contributed by atoms with Gasteiger partial charge in [-0.25, -0.2) is 4.79 Å². The number of benzene rings is 2. The first-order valence-corrected chi connectivity index (χ1v) is 8.66. The Morgan fingerprint density at radius 3 is 2.68 bits per heavy atom. The van der Waals surface area contributed by atoms with E-state index in [0.29, 0.717) is 18.0 Å². The summed E-state index contributed by atoms with van der Waals surface area (Å²) in [6, 6.07) is 15.5. The van der Waals surface area contributed by atoms with Crippen molar-refractivity contribution in [1.29, 1.82) is 0 Å². The Balaban J connectivity index is 1.74. The minimum Gasteiger partial charge on any atom is -0.497 e. The SMILES string of the molecule is CCOc1ccccc1NC(=O)N1CCC[C@@H]1c1ccc(OC)cc1. The smallest absolute Gasteiger partial charge is 0.322 e. The number of methoxy groups -OCH3 is 1. The zero-order valence-corrected chi connectivity index (χ0v) is 14.7. The molecule has 1 heterocycles. The number of anilines is 1. The van der Waals surface area contributed by atoms with E-state index in [1.807, 2.05) is 60.4 Å². The lowest BCUT2D eigenvalue weighted by Crippen LogP contribution is -2.34. The lowest BCUT2D eigenvalue weighted by Gasteiger charge is -2.26. The van der Waals surface area contributed by atoms with Gasteiger partial charge in [0.1, 0.15) is 11.5 Å². The van der Waals surface area contributed by atoms with Crippen LogP contribution in [0.25, 0.3) is 0 Å². The lowest BCUT2D eigenvalue weighted by molar-refractivity contribution is 0.207. The largest absolute Gasteiger partial charge is 0.497 e. The van der Waals surface area contributed by atoms with Crippen LogP contribution in [0.4, 0.5) is 10.5 Å². The summed E-state index contributed by atoms with van der Waals surface area (Å²) in [5.74, 6) is 1.52. The molecule has 1 saturated heterocycles. The molecule has 3 rings (SSSR count). The monoisotopic (exact) mass is 340 g/mol. The van der Waals surface area contributed by atoms with Crippen molar-refractivity contribution in [2.75, 3.05) is 25.6 Å². The maximum absolute atomic E-state index is 12.8. The van der Waals surface area contributed by atoms with Crippen molar-refractivity contribution in [3.05, 3.63) is 54.1 Å². The van der Waals surface area contributed by atoms with Gasteiger partial charge in [0, 0.05) is 6.54 Å². The second-order valence-corrected chi connectivity index (χ2v) is 5.98. The quantitative estimate of drug-likeness (QED) is 0.874. The van der Waals surface area contributed by atoms with E-state index in [1.54, 1.807) is 7.11 Å². The number of hydrogen-bond acceptors (Lipinski definition) is 3. The molecule has 0 aliphatic carbocycles. The molecule has 0 saturated carbocycles. The van der Waals surface area contributed by atoms with E-state index in [0.717, 1.165) is 30.7 Å². The van der Waals surface area contributed by atoms with E-state index >= 15 is 0 Å². The van der Waals surface area contributed by atoms with E-state index < -0.39 is 0 Å².